The van der Waals surface area contributed by atoms with E-state index in [1.165, 1.54) is 4.90 Å². The van der Waals surface area contributed by atoms with Gasteiger partial charge in [0.15, 0.2) is 0 Å². The number of amides is 3. The van der Waals surface area contributed by atoms with Crippen LogP contribution in [0.3, 0.4) is 0 Å². The number of benzene rings is 2. The molecule has 0 unspecified atom stereocenters. The van der Waals surface area contributed by atoms with Crippen LogP contribution in [0.1, 0.15) is 15.9 Å². The molecule has 31 heavy (non-hydrogen) atoms. The number of para-hydroxylation sites is 1. The second-order valence-electron chi connectivity index (χ2n) is 8.11. The molecule has 7 nitrogen and oxygen atoms in total. The predicted molar refractivity (Wildman–Crippen MR) is 113 cm³/mol. The molecule has 2 bridgehead atoms. The molecular formula is C24H22N2O5. The van der Waals surface area contributed by atoms with Crippen molar-refractivity contribution in [3.63, 3.8) is 0 Å². The van der Waals surface area contributed by atoms with Crippen LogP contribution in [0.25, 0.3) is 0 Å². The zero-order valence-electron chi connectivity index (χ0n) is 17.2. The Kier molecular flexibility index (Phi) is 4.44. The fraction of sp³-hybridized carbons (Fsp3) is 0.292. The number of rotatable bonds is 5. The van der Waals surface area contributed by atoms with E-state index in [4.69, 9.17) is 9.47 Å². The summed E-state index contributed by atoms with van der Waals surface area (Å²) < 4.78 is 11.2. The summed E-state index contributed by atoms with van der Waals surface area (Å²) in [5.74, 6) is -1.39. The topological polar surface area (TPSA) is 84.9 Å². The average Bonchev–Trinajstić information content (AvgIpc) is 3.43. The third kappa shape index (κ3) is 2.88. The second-order valence-corrected chi connectivity index (χ2v) is 8.11. The number of hydrogen-bond donors (Lipinski definition) is 1. The van der Waals surface area contributed by atoms with E-state index in [0.717, 1.165) is 5.56 Å². The lowest BCUT2D eigenvalue weighted by Gasteiger charge is -2.29. The van der Waals surface area contributed by atoms with Crippen LogP contribution in [0.2, 0.25) is 0 Å². The van der Waals surface area contributed by atoms with Gasteiger partial charge < -0.3 is 14.8 Å². The van der Waals surface area contributed by atoms with Crippen molar-refractivity contribution in [3.05, 3.63) is 71.8 Å². The van der Waals surface area contributed by atoms with E-state index in [2.05, 4.69) is 5.32 Å². The van der Waals surface area contributed by atoms with Gasteiger partial charge in [-0.1, -0.05) is 30.4 Å². The van der Waals surface area contributed by atoms with Gasteiger partial charge in [-0.25, -0.2) is 4.90 Å². The standard InChI is InChI=1S/C24H22N2O5/c1-14-5-3-4-6-17(14)26-22(28)19-18-11-12-24(31-18,20(19)23(26)29)13-25-21(27)15-7-9-16(30-2)10-8-15/h3-12,18-20H,13H2,1-2H3,(H,25,27)/t18-,19-,20+,24-/m0/s1. The van der Waals surface area contributed by atoms with Gasteiger partial charge >= 0.3 is 0 Å². The molecule has 0 saturated carbocycles. The lowest BCUT2D eigenvalue weighted by molar-refractivity contribution is -0.126. The lowest BCUT2D eigenvalue weighted by atomic mass is 9.77. The molecule has 3 amide bonds. The Morgan fingerprint density at radius 3 is 2.58 bits per heavy atom. The van der Waals surface area contributed by atoms with E-state index in [1.54, 1.807) is 37.4 Å². The van der Waals surface area contributed by atoms with Crippen LogP contribution in [0.5, 0.6) is 5.75 Å². The Labute approximate surface area is 179 Å². The minimum absolute atomic E-state index is 0.104. The zero-order chi connectivity index (χ0) is 21.8. The van der Waals surface area contributed by atoms with Crippen molar-refractivity contribution in [1.82, 2.24) is 5.32 Å². The second kappa shape index (κ2) is 7.06. The maximum absolute atomic E-state index is 13.4. The van der Waals surface area contributed by atoms with Crippen LogP contribution >= 0.6 is 0 Å². The van der Waals surface area contributed by atoms with E-state index in [1.807, 2.05) is 37.3 Å². The van der Waals surface area contributed by atoms with E-state index in [9.17, 15) is 14.4 Å². The number of nitrogens with one attached hydrogen (secondary N) is 1. The SMILES string of the molecule is COc1ccc(C(=O)NC[C@]23C=C[C@H](O2)[C@@H]2C(=O)N(c4ccccc4C)C(=O)[C@@H]23)cc1. The van der Waals surface area contributed by atoms with Crippen molar-refractivity contribution >= 4 is 23.4 Å². The number of aryl methyl sites for hydroxylation is 1. The number of anilines is 1. The number of imide groups is 1. The van der Waals surface area contributed by atoms with Crippen LogP contribution in [-0.2, 0) is 14.3 Å². The smallest absolute Gasteiger partial charge is 0.251 e. The van der Waals surface area contributed by atoms with E-state index in [-0.39, 0.29) is 24.3 Å². The Hall–Kier alpha value is -3.45. The summed E-state index contributed by atoms with van der Waals surface area (Å²) in [6.07, 6.45) is 3.18. The molecule has 4 atom stereocenters. The number of nitrogens with zero attached hydrogens (tertiary/aromatic N) is 1. The summed E-state index contributed by atoms with van der Waals surface area (Å²) in [6.45, 7) is 1.98. The number of carbonyl (C=O) groups is 3. The van der Waals surface area contributed by atoms with Crippen LogP contribution in [0.4, 0.5) is 5.69 Å². The van der Waals surface area contributed by atoms with Gasteiger partial charge in [0.25, 0.3) is 5.91 Å². The monoisotopic (exact) mass is 418 g/mol. The maximum atomic E-state index is 13.4. The highest BCUT2D eigenvalue weighted by molar-refractivity contribution is 6.23. The fourth-order valence-corrected chi connectivity index (χ4v) is 4.82. The van der Waals surface area contributed by atoms with Crippen molar-refractivity contribution in [2.24, 2.45) is 11.8 Å². The van der Waals surface area contributed by atoms with Gasteiger partial charge in [0.2, 0.25) is 11.8 Å². The molecule has 3 heterocycles. The molecule has 2 saturated heterocycles. The van der Waals surface area contributed by atoms with Crippen molar-refractivity contribution in [2.75, 3.05) is 18.6 Å². The summed E-state index contributed by atoms with van der Waals surface area (Å²) >= 11 is 0. The number of ether oxygens (including phenoxy) is 2. The molecule has 0 radical (unpaired) electrons. The minimum atomic E-state index is -1.03. The van der Waals surface area contributed by atoms with Gasteiger partial charge in [-0.2, -0.15) is 0 Å². The molecule has 7 heteroatoms. The first-order valence-corrected chi connectivity index (χ1v) is 10.2. The van der Waals surface area contributed by atoms with Crippen molar-refractivity contribution < 1.29 is 23.9 Å². The predicted octanol–water partition coefficient (Wildman–Crippen LogP) is 2.25. The maximum Gasteiger partial charge on any atom is 0.251 e. The molecule has 0 aromatic heterocycles. The first-order valence-electron chi connectivity index (χ1n) is 10.2. The van der Waals surface area contributed by atoms with Gasteiger partial charge in [-0.15, -0.1) is 0 Å². The van der Waals surface area contributed by atoms with Gasteiger partial charge in [0.05, 0.1) is 37.3 Å². The fourth-order valence-electron chi connectivity index (χ4n) is 4.82. The molecule has 2 fully saturated rings. The van der Waals surface area contributed by atoms with E-state index < -0.39 is 23.5 Å². The van der Waals surface area contributed by atoms with E-state index in [0.29, 0.717) is 17.0 Å². The van der Waals surface area contributed by atoms with E-state index >= 15 is 0 Å². The third-order valence-electron chi connectivity index (χ3n) is 6.39. The summed E-state index contributed by atoms with van der Waals surface area (Å²) in [4.78, 5) is 40.5. The Morgan fingerprint density at radius 1 is 1.13 bits per heavy atom. The minimum Gasteiger partial charge on any atom is -0.497 e. The molecule has 5 rings (SSSR count). The number of fused-ring (bicyclic) bond motifs is 5. The van der Waals surface area contributed by atoms with Crippen molar-refractivity contribution in [2.45, 2.75) is 18.6 Å². The summed E-state index contributed by atoms with van der Waals surface area (Å²) in [5.41, 5.74) is 0.901. The Morgan fingerprint density at radius 2 is 1.87 bits per heavy atom. The van der Waals surface area contributed by atoms with Crippen molar-refractivity contribution in [3.8, 4) is 5.75 Å². The Bertz CT molecular complexity index is 1110. The first-order chi connectivity index (χ1) is 14.9. The number of carbonyl (C=O) groups excluding carboxylic acids is 3. The molecule has 158 valence electrons. The summed E-state index contributed by atoms with van der Waals surface area (Å²) in [7, 11) is 1.56. The largest absolute Gasteiger partial charge is 0.497 e. The highest BCUT2D eigenvalue weighted by Gasteiger charge is 2.67. The van der Waals surface area contributed by atoms with Crippen LogP contribution in [0.15, 0.2) is 60.7 Å². The van der Waals surface area contributed by atoms with Gasteiger partial charge in [0, 0.05) is 5.56 Å². The molecule has 0 spiro atoms. The quantitative estimate of drug-likeness (QED) is 0.595. The summed E-state index contributed by atoms with van der Waals surface area (Å²) in [5, 5.41) is 2.87. The number of methoxy groups -OCH3 is 1. The zero-order valence-corrected chi connectivity index (χ0v) is 17.2. The van der Waals surface area contributed by atoms with Crippen molar-refractivity contribution in [1.29, 1.82) is 0 Å². The van der Waals surface area contributed by atoms with Gasteiger partial charge in [0.1, 0.15) is 11.4 Å². The number of hydrogen-bond acceptors (Lipinski definition) is 5. The molecule has 2 aromatic rings. The first kappa shape index (κ1) is 19.5. The molecule has 0 aliphatic carbocycles. The van der Waals surface area contributed by atoms with Gasteiger partial charge in [-0.05, 0) is 42.8 Å². The Balaban J connectivity index is 1.38. The average molecular weight is 418 g/mol. The van der Waals surface area contributed by atoms with Gasteiger partial charge in [-0.3, -0.25) is 14.4 Å². The lowest BCUT2D eigenvalue weighted by Crippen LogP contribution is -2.48. The highest BCUT2D eigenvalue weighted by Crippen LogP contribution is 2.52. The molecule has 1 N–H and O–H groups in total. The molecule has 2 aromatic carbocycles. The normalized spacial score (nSPS) is 28.2. The van der Waals surface area contributed by atoms with Crippen LogP contribution in [-0.4, -0.2) is 43.1 Å². The third-order valence-corrected chi connectivity index (χ3v) is 6.39. The van der Waals surface area contributed by atoms with Crippen LogP contribution in [0, 0.1) is 18.8 Å². The molecule has 3 aliphatic heterocycles. The molecule has 3 aliphatic rings. The summed E-state index contributed by atoms with van der Waals surface area (Å²) in [6, 6.07) is 14.1. The molecular weight excluding hydrogens is 396 g/mol. The van der Waals surface area contributed by atoms with Crippen LogP contribution < -0.4 is 15.0 Å². The highest BCUT2D eigenvalue weighted by atomic mass is 16.5.